The normalized spacial score (nSPS) is 12.4. The van der Waals surface area contributed by atoms with Gasteiger partial charge in [-0.25, -0.2) is 0 Å². The fraction of sp³-hybridized carbons (Fsp3) is 0. The minimum Gasteiger partial charge on any atom is -0.453 e. The highest BCUT2D eigenvalue weighted by Gasteiger charge is 2.24. The van der Waals surface area contributed by atoms with Crippen LogP contribution in [0.1, 0.15) is 0 Å². The van der Waals surface area contributed by atoms with Crippen LogP contribution in [0.3, 0.4) is 0 Å². The number of nitrogens with zero attached hydrogens (tertiary/aromatic N) is 4. The lowest BCUT2D eigenvalue weighted by molar-refractivity contribution is 0.476. The predicted octanol–water partition coefficient (Wildman–Crippen LogP) is 15.8. The average molecular weight is 829 g/mol. The second kappa shape index (κ2) is 12.9. The lowest BCUT2D eigenvalue weighted by Gasteiger charge is -2.21. The van der Waals surface area contributed by atoms with Crippen LogP contribution < -0.4 is 4.74 Å². The molecule has 5 heteroatoms. The van der Waals surface area contributed by atoms with E-state index in [0.29, 0.717) is 0 Å². The molecular formula is C60H36N4O. The number of hydrogen-bond donors (Lipinski definition) is 0. The number of benzene rings is 10. The van der Waals surface area contributed by atoms with Crippen LogP contribution in [0.4, 0.5) is 0 Å². The van der Waals surface area contributed by atoms with Crippen molar-refractivity contribution in [3.63, 3.8) is 0 Å². The molecule has 0 amide bonds. The van der Waals surface area contributed by atoms with E-state index in [4.69, 9.17) is 4.74 Å². The van der Waals surface area contributed by atoms with Crippen molar-refractivity contribution in [2.75, 3.05) is 0 Å². The van der Waals surface area contributed by atoms with E-state index in [1.165, 1.54) is 70.7 Å². The largest absolute Gasteiger partial charge is 0.453 e. The van der Waals surface area contributed by atoms with Crippen molar-refractivity contribution in [1.29, 1.82) is 0 Å². The van der Waals surface area contributed by atoms with Crippen molar-refractivity contribution in [1.82, 2.24) is 18.3 Å². The van der Waals surface area contributed by atoms with Gasteiger partial charge in [-0.05, 0) is 108 Å². The van der Waals surface area contributed by atoms with Crippen LogP contribution in [0.5, 0.6) is 11.5 Å². The molecule has 5 heterocycles. The van der Waals surface area contributed by atoms with Gasteiger partial charge in [0.25, 0.3) is 0 Å². The summed E-state index contributed by atoms with van der Waals surface area (Å²) in [5, 5.41) is 9.86. The molecule has 15 rings (SSSR count). The van der Waals surface area contributed by atoms with Crippen molar-refractivity contribution < 1.29 is 4.74 Å². The van der Waals surface area contributed by atoms with Crippen molar-refractivity contribution in [2.24, 2.45) is 0 Å². The third-order valence-corrected chi connectivity index (χ3v) is 13.9. The molecular weight excluding hydrogens is 793 g/mol. The second-order valence-corrected chi connectivity index (χ2v) is 17.3. The standard InChI is InChI=1S/C60H36N4O/c1-6-18-50-42(12-1)43-13-2-7-19-51(43)62(50)40-29-32-55-48(35-40)49-36-41(63-52-20-8-3-14-44(52)45-15-4-9-21-53(45)63)30-33-56(49)61(55)39-27-24-37(25-28-39)38-26-31-57-59(34-38)65-58-23-11-17-47-46-16-5-10-22-54(46)64(57)60(47)58/h1-36H. The summed E-state index contributed by atoms with van der Waals surface area (Å²) in [6, 6.07) is 79.5. The third kappa shape index (κ3) is 4.76. The van der Waals surface area contributed by atoms with Crippen molar-refractivity contribution >= 4 is 87.2 Å². The zero-order valence-electron chi connectivity index (χ0n) is 35.0. The summed E-state index contributed by atoms with van der Waals surface area (Å²) < 4.78 is 16.3. The van der Waals surface area contributed by atoms with E-state index in [-0.39, 0.29) is 0 Å². The summed E-state index contributed by atoms with van der Waals surface area (Å²) in [6.07, 6.45) is 0. The Bertz CT molecular complexity index is 4050. The molecule has 0 saturated heterocycles. The summed E-state index contributed by atoms with van der Waals surface area (Å²) in [4.78, 5) is 0. The van der Waals surface area contributed by atoms with Gasteiger partial charge in [0.1, 0.15) is 0 Å². The summed E-state index contributed by atoms with van der Waals surface area (Å²) in [5.74, 6) is 1.74. The quantitative estimate of drug-likeness (QED) is 0.174. The minimum atomic E-state index is 0.855. The van der Waals surface area contributed by atoms with E-state index in [1.807, 2.05) is 0 Å². The number of hydrogen-bond acceptors (Lipinski definition) is 1. The molecule has 0 spiro atoms. The van der Waals surface area contributed by atoms with Crippen LogP contribution in [0.25, 0.3) is 121 Å². The molecule has 1 aliphatic heterocycles. The molecule has 0 unspecified atom stereocenters. The second-order valence-electron chi connectivity index (χ2n) is 17.3. The van der Waals surface area contributed by atoms with Crippen LogP contribution in [0.2, 0.25) is 0 Å². The van der Waals surface area contributed by atoms with Gasteiger partial charge >= 0.3 is 0 Å². The molecule has 0 fully saturated rings. The van der Waals surface area contributed by atoms with Crippen LogP contribution in [-0.4, -0.2) is 18.3 Å². The number of fused-ring (bicyclic) bond motifs is 14. The Labute approximate surface area is 372 Å². The van der Waals surface area contributed by atoms with Gasteiger partial charge in [0, 0.05) is 60.2 Å². The van der Waals surface area contributed by atoms with Crippen LogP contribution in [-0.2, 0) is 0 Å². The fourth-order valence-corrected chi connectivity index (χ4v) is 11.2. The molecule has 1 aliphatic rings. The Morgan fingerprint density at radius 2 is 0.646 bits per heavy atom. The molecule has 65 heavy (non-hydrogen) atoms. The monoisotopic (exact) mass is 828 g/mol. The Morgan fingerprint density at radius 3 is 1.17 bits per heavy atom. The SMILES string of the molecule is c1ccc2c(c1)c1ccccc1n2-c1ccc2c(c1)c1cc(-n3c4ccccc4c4ccccc43)ccc1n2-c1ccc(-c2ccc3c(c2)Oc2cccc4c5ccccc5n-3c24)cc1. The van der Waals surface area contributed by atoms with Crippen molar-refractivity contribution in [2.45, 2.75) is 0 Å². The van der Waals surface area contributed by atoms with Crippen LogP contribution in [0.15, 0.2) is 218 Å². The summed E-state index contributed by atoms with van der Waals surface area (Å²) >= 11 is 0. The number of para-hydroxylation sites is 6. The zero-order chi connectivity index (χ0) is 42.3. The minimum absolute atomic E-state index is 0.855. The van der Waals surface area contributed by atoms with Gasteiger partial charge in [0.15, 0.2) is 11.5 Å². The highest BCUT2D eigenvalue weighted by molar-refractivity contribution is 6.15. The maximum atomic E-state index is 6.66. The molecule has 0 atom stereocenters. The molecule has 0 N–H and O–H groups in total. The molecule has 14 aromatic rings. The highest BCUT2D eigenvalue weighted by Crippen LogP contribution is 2.47. The van der Waals surface area contributed by atoms with Gasteiger partial charge in [0.05, 0.1) is 49.8 Å². The third-order valence-electron chi connectivity index (χ3n) is 13.9. The highest BCUT2D eigenvalue weighted by atomic mass is 16.5. The van der Waals surface area contributed by atoms with Gasteiger partial charge in [-0.15, -0.1) is 0 Å². The molecule has 302 valence electrons. The molecule has 0 bridgehead atoms. The van der Waals surface area contributed by atoms with E-state index in [9.17, 15) is 0 Å². The molecule has 10 aromatic carbocycles. The molecule has 0 aliphatic carbocycles. The topological polar surface area (TPSA) is 28.9 Å². The number of ether oxygens (including phenoxy) is 1. The van der Waals surface area contributed by atoms with Crippen LogP contribution >= 0.6 is 0 Å². The first kappa shape index (κ1) is 34.7. The molecule has 0 radical (unpaired) electrons. The first-order valence-electron chi connectivity index (χ1n) is 22.3. The van der Waals surface area contributed by atoms with E-state index in [0.717, 1.165) is 61.9 Å². The Balaban J connectivity index is 0.908. The maximum absolute atomic E-state index is 6.66. The predicted molar refractivity (Wildman–Crippen MR) is 269 cm³/mol. The summed E-state index contributed by atoms with van der Waals surface area (Å²) in [6.45, 7) is 0. The average Bonchev–Trinajstić information content (AvgIpc) is 4.10. The van der Waals surface area contributed by atoms with Gasteiger partial charge in [-0.1, -0.05) is 121 Å². The van der Waals surface area contributed by atoms with E-state index in [1.54, 1.807) is 0 Å². The molecule has 4 aromatic heterocycles. The zero-order valence-corrected chi connectivity index (χ0v) is 35.0. The van der Waals surface area contributed by atoms with Gasteiger partial charge in [-0.2, -0.15) is 0 Å². The Morgan fingerprint density at radius 1 is 0.246 bits per heavy atom. The Hall–Kier alpha value is -8.80. The first-order valence-corrected chi connectivity index (χ1v) is 22.3. The summed E-state index contributed by atoms with van der Waals surface area (Å²) in [5.41, 5.74) is 16.1. The van der Waals surface area contributed by atoms with E-state index in [2.05, 4.69) is 237 Å². The van der Waals surface area contributed by atoms with Crippen molar-refractivity contribution in [3.8, 4) is 45.4 Å². The smallest absolute Gasteiger partial charge is 0.152 e. The summed E-state index contributed by atoms with van der Waals surface area (Å²) in [7, 11) is 0. The maximum Gasteiger partial charge on any atom is 0.152 e. The number of aromatic nitrogens is 4. The van der Waals surface area contributed by atoms with Gasteiger partial charge < -0.3 is 23.0 Å². The van der Waals surface area contributed by atoms with E-state index >= 15 is 0 Å². The molecule has 0 saturated carbocycles. The van der Waals surface area contributed by atoms with Gasteiger partial charge in [-0.3, -0.25) is 0 Å². The fourth-order valence-electron chi connectivity index (χ4n) is 11.2. The lowest BCUT2D eigenvalue weighted by Crippen LogP contribution is -2.04. The van der Waals surface area contributed by atoms with Crippen molar-refractivity contribution in [3.05, 3.63) is 218 Å². The lowest BCUT2D eigenvalue weighted by atomic mass is 10.0. The molecule has 5 nitrogen and oxygen atoms in total. The Kier molecular flexibility index (Phi) is 6.89. The van der Waals surface area contributed by atoms with Gasteiger partial charge in [0.2, 0.25) is 0 Å². The first-order chi connectivity index (χ1) is 32.2. The number of rotatable bonds is 4. The van der Waals surface area contributed by atoms with E-state index < -0.39 is 0 Å². The van der Waals surface area contributed by atoms with Crippen LogP contribution in [0, 0.1) is 0 Å².